The minimum absolute atomic E-state index is 0.942. The molecule has 2 aromatic rings. The van der Waals surface area contributed by atoms with Crippen molar-refractivity contribution >= 4 is 0 Å². The average Bonchev–Trinajstić information content (AvgIpc) is 2.92. The summed E-state index contributed by atoms with van der Waals surface area (Å²) in [6.45, 7) is 4.50. The number of aryl methyl sites for hydroxylation is 2. The molecule has 0 N–H and O–H groups in total. The van der Waals surface area contributed by atoms with Crippen LogP contribution >= 0.6 is 0 Å². The summed E-state index contributed by atoms with van der Waals surface area (Å²) < 4.78 is 0. The monoisotopic (exact) mass is 482 g/mol. The van der Waals surface area contributed by atoms with Crippen LogP contribution in [0.5, 0.6) is 0 Å². The second-order valence-electron chi connectivity index (χ2n) is 11.0. The van der Waals surface area contributed by atoms with Crippen LogP contribution in [0.4, 0.5) is 0 Å². The third kappa shape index (κ3) is 11.2. The molecule has 0 spiro atoms. The minimum Gasteiger partial charge on any atom is -0.0888 e. The van der Waals surface area contributed by atoms with Crippen molar-refractivity contribution in [1.29, 1.82) is 0 Å². The Morgan fingerprint density at radius 1 is 0.611 bits per heavy atom. The molecule has 1 aliphatic rings. The van der Waals surface area contributed by atoms with E-state index in [-0.39, 0.29) is 0 Å². The van der Waals surface area contributed by atoms with Crippen LogP contribution in [0.25, 0.3) is 0 Å². The van der Waals surface area contributed by atoms with Crippen LogP contribution in [0.3, 0.4) is 0 Å². The lowest BCUT2D eigenvalue weighted by molar-refractivity contribution is 0.249. The molecule has 3 rings (SSSR count). The van der Waals surface area contributed by atoms with Gasteiger partial charge in [-0.2, -0.15) is 0 Å². The summed E-state index contributed by atoms with van der Waals surface area (Å²) >= 11 is 0. The molecule has 0 aromatic heterocycles. The maximum absolute atomic E-state index is 3.36. The van der Waals surface area contributed by atoms with E-state index in [2.05, 4.69) is 86.4 Å². The summed E-state index contributed by atoms with van der Waals surface area (Å²) in [6.07, 6.45) is 26.2. The van der Waals surface area contributed by atoms with Gasteiger partial charge in [0.15, 0.2) is 0 Å². The number of rotatable bonds is 14. The lowest BCUT2D eigenvalue weighted by Crippen LogP contribution is -2.15. The van der Waals surface area contributed by atoms with Gasteiger partial charge >= 0.3 is 0 Å². The molecule has 1 saturated carbocycles. The fraction of sp³-hybridized carbons (Fsp3) is 0.556. The van der Waals surface area contributed by atoms with Crippen LogP contribution < -0.4 is 0 Å². The SMILES string of the molecule is CC/C=C/CCCCc1ccc(C#Cc2ccc(CCC3CCC(CCCCCC)CC3)cc2)cc1. The third-order valence-corrected chi connectivity index (χ3v) is 8.02. The van der Waals surface area contributed by atoms with Crippen LogP contribution in [-0.2, 0) is 12.8 Å². The molecule has 0 nitrogen and oxygen atoms in total. The number of unbranched alkanes of at least 4 members (excludes halogenated alkanes) is 5. The van der Waals surface area contributed by atoms with Crippen LogP contribution in [0.15, 0.2) is 60.7 Å². The Morgan fingerprint density at radius 3 is 1.78 bits per heavy atom. The van der Waals surface area contributed by atoms with Crippen molar-refractivity contribution in [2.75, 3.05) is 0 Å². The highest BCUT2D eigenvalue weighted by Gasteiger charge is 2.20. The van der Waals surface area contributed by atoms with Gasteiger partial charge in [-0.05, 0) is 92.2 Å². The van der Waals surface area contributed by atoms with Crippen molar-refractivity contribution in [3.63, 3.8) is 0 Å². The molecule has 2 aromatic carbocycles. The van der Waals surface area contributed by atoms with Gasteiger partial charge in [0.05, 0.1) is 0 Å². The van der Waals surface area contributed by atoms with E-state index in [9.17, 15) is 0 Å². The van der Waals surface area contributed by atoms with E-state index < -0.39 is 0 Å². The predicted molar refractivity (Wildman–Crippen MR) is 158 cm³/mol. The summed E-state index contributed by atoms with van der Waals surface area (Å²) in [4.78, 5) is 0. The first-order valence-electron chi connectivity index (χ1n) is 15.1. The summed E-state index contributed by atoms with van der Waals surface area (Å²) in [5.74, 6) is 8.67. The molecule has 0 bridgehead atoms. The number of benzene rings is 2. The van der Waals surface area contributed by atoms with Crippen LogP contribution in [0.2, 0.25) is 0 Å². The smallest absolute Gasteiger partial charge is 0.0249 e. The highest BCUT2D eigenvalue weighted by Crippen LogP contribution is 2.34. The molecule has 0 heteroatoms. The van der Waals surface area contributed by atoms with Gasteiger partial charge in [0.2, 0.25) is 0 Å². The van der Waals surface area contributed by atoms with Gasteiger partial charge in [-0.3, -0.25) is 0 Å². The number of hydrogen-bond acceptors (Lipinski definition) is 0. The summed E-state index contributed by atoms with van der Waals surface area (Å²) in [7, 11) is 0. The predicted octanol–water partition coefficient (Wildman–Crippen LogP) is 10.5. The van der Waals surface area contributed by atoms with Crippen LogP contribution in [0.1, 0.15) is 126 Å². The summed E-state index contributed by atoms with van der Waals surface area (Å²) in [5.41, 5.74) is 5.11. The molecular formula is C36H50. The lowest BCUT2D eigenvalue weighted by atomic mass is 9.77. The molecule has 0 heterocycles. The van der Waals surface area contributed by atoms with Crippen molar-refractivity contribution in [3.05, 3.63) is 82.9 Å². The van der Waals surface area contributed by atoms with Crippen molar-refractivity contribution in [2.45, 2.75) is 117 Å². The standard InChI is InChI=1S/C36H50/c1-3-5-7-9-10-12-14-32-17-21-34(22-18-32)24-26-36-29-27-35(28-30-36)25-23-33-19-15-31(16-20-33)13-11-8-6-4-2/h5,7,17-18,21-22,27-31,33H,3-4,6,8-16,19-20,23,25H2,1-2H3/b7-5+. The highest BCUT2D eigenvalue weighted by atomic mass is 14.3. The Bertz CT molecular complexity index is 911. The molecular weight excluding hydrogens is 432 g/mol. The molecule has 1 fully saturated rings. The first kappa shape index (κ1) is 28.3. The fourth-order valence-corrected chi connectivity index (χ4v) is 5.57. The molecule has 0 radical (unpaired) electrons. The Kier molecular flexibility index (Phi) is 13.6. The van der Waals surface area contributed by atoms with Gasteiger partial charge in [-0.25, -0.2) is 0 Å². The molecule has 0 amide bonds. The maximum Gasteiger partial charge on any atom is 0.0249 e. The van der Waals surface area contributed by atoms with E-state index in [1.807, 2.05) is 0 Å². The van der Waals surface area contributed by atoms with E-state index in [0.29, 0.717) is 0 Å². The van der Waals surface area contributed by atoms with E-state index in [0.717, 1.165) is 35.8 Å². The number of hydrogen-bond donors (Lipinski definition) is 0. The van der Waals surface area contributed by atoms with Gasteiger partial charge in [-0.1, -0.05) is 120 Å². The molecule has 0 saturated heterocycles. The molecule has 0 atom stereocenters. The summed E-state index contributed by atoms with van der Waals surface area (Å²) in [5, 5.41) is 0. The van der Waals surface area contributed by atoms with Gasteiger partial charge in [-0.15, -0.1) is 0 Å². The van der Waals surface area contributed by atoms with Crippen LogP contribution in [0, 0.1) is 23.7 Å². The Morgan fingerprint density at radius 2 is 1.19 bits per heavy atom. The Hall–Kier alpha value is -2.26. The topological polar surface area (TPSA) is 0 Å². The first-order valence-corrected chi connectivity index (χ1v) is 15.1. The quantitative estimate of drug-likeness (QED) is 0.143. The van der Waals surface area contributed by atoms with Gasteiger partial charge < -0.3 is 0 Å². The fourth-order valence-electron chi connectivity index (χ4n) is 5.57. The largest absolute Gasteiger partial charge is 0.0888 e. The van der Waals surface area contributed by atoms with Gasteiger partial charge in [0, 0.05) is 11.1 Å². The molecule has 0 unspecified atom stereocenters. The van der Waals surface area contributed by atoms with Gasteiger partial charge in [0.25, 0.3) is 0 Å². The maximum atomic E-state index is 3.36. The average molecular weight is 483 g/mol. The van der Waals surface area contributed by atoms with Crippen molar-refractivity contribution in [2.24, 2.45) is 11.8 Å². The van der Waals surface area contributed by atoms with Gasteiger partial charge in [0.1, 0.15) is 0 Å². The zero-order valence-corrected chi connectivity index (χ0v) is 23.2. The van der Waals surface area contributed by atoms with Crippen molar-refractivity contribution in [1.82, 2.24) is 0 Å². The van der Waals surface area contributed by atoms with E-state index in [4.69, 9.17) is 0 Å². The highest BCUT2D eigenvalue weighted by molar-refractivity contribution is 5.44. The molecule has 0 aliphatic heterocycles. The Labute approximate surface area is 223 Å². The second-order valence-corrected chi connectivity index (χ2v) is 11.0. The zero-order valence-electron chi connectivity index (χ0n) is 23.2. The van der Waals surface area contributed by atoms with Crippen LogP contribution in [-0.4, -0.2) is 0 Å². The molecule has 1 aliphatic carbocycles. The summed E-state index contributed by atoms with van der Waals surface area (Å²) in [6, 6.07) is 17.8. The third-order valence-electron chi connectivity index (χ3n) is 8.02. The van der Waals surface area contributed by atoms with Crippen molar-refractivity contribution < 1.29 is 0 Å². The first-order chi connectivity index (χ1) is 17.8. The Balaban J connectivity index is 1.34. The second kappa shape index (κ2) is 17.2. The van der Waals surface area contributed by atoms with E-state index >= 15 is 0 Å². The zero-order chi connectivity index (χ0) is 25.3. The van der Waals surface area contributed by atoms with Crippen molar-refractivity contribution in [3.8, 4) is 11.8 Å². The number of allylic oxidation sites excluding steroid dienone is 2. The molecule has 36 heavy (non-hydrogen) atoms. The molecule has 194 valence electrons. The normalized spacial score (nSPS) is 17.7. The van der Waals surface area contributed by atoms with E-state index in [1.165, 1.54) is 101 Å². The lowest BCUT2D eigenvalue weighted by Gasteiger charge is -2.28. The minimum atomic E-state index is 0.942. The van der Waals surface area contributed by atoms with E-state index in [1.54, 1.807) is 0 Å².